The fourth-order valence-corrected chi connectivity index (χ4v) is 4.19. The number of carbonyl (C=O) groups excluding carboxylic acids is 2. The van der Waals surface area contributed by atoms with Crippen LogP contribution in [0.2, 0.25) is 0 Å². The van der Waals surface area contributed by atoms with Crippen LogP contribution in [0.25, 0.3) is 0 Å². The van der Waals surface area contributed by atoms with Crippen LogP contribution in [0.4, 0.5) is 0 Å². The van der Waals surface area contributed by atoms with Crippen molar-refractivity contribution in [2.24, 2.45) is 11.3 Å². The minimum absolute atomic E-state index is 0.0887. The van der Waals surface area contributed by atoms with Gasteiger partial charge in [-0.15, -0.1) is 0 Å². The second kappa shape index (κ2) is 5.84. The number of amides is 2. The molecule has 1 saturated carbocycles. The van der Waals surface area contributed by atoms with E-state index >= 15 is 0 Å². The van der Waals surface area contributed by atoms with Crippen molar-refractivity contribution in [3.8, 4) is 0 Å². The molecule has 1 spiro atoms. The number of hydrogen-bond donors (Lipinski definition) is 1. The largest absolute Gasteiger partial charge is 0.317 e. The van der Waals surface area contributed by atoms with Gasteiger partial charge in [-0.1, -0.05) is 19.3 Å². The topological polar surface area (TPSA) is 49.4 Å². The zero-order valence-corrected chi connectivity index (χ0v) is 12.3. The lowest BCUT2D eigenvalue weighted by molar-refractivity contribution is -0.142. The second-order valence-corrected chi connectivity index (χ2v) is 6.85. The van der Waals surface area contributed by atoms with E-state index < -0.39 is 0 Å². The molecule has 2 amide bonds. The van der Waals surface area contributed by atoms with Gasteiger partial charge in [-0.05, 0) is 51.1 Å². The monoisotopic (exact) mass is 278 g/mol. The van der Waals surface area contributed by atoms with Gasteiger partial charge in [0.15, 0.2) is 0 Å². The van der Waals surface area contributed by atoms with Gasteiger partial charge in [-0.2, -0.15) is 0 Å². The molecule has 0 atom stereocenters. The molecular weight excluding hydrogens is 252 g/mol. The zero-order valence-electron chi connectivity index (χ0n) is 12.3. The summed E-state index contributed by atoms with van der Waals surface area (Å²) >= 11 is 0. The number of rotatable bonds is 3. The Balaban J connectivity index is 1.58. The third kappa shape index (κ3) is 2.62. The van der Waals surface area contributed by atoms with E-state index in [1.165, 1.54) is 19.3 Å². The average molecular weight is 278 g/mol. The molecule has 0 radical (unpaired) electrons. The Morgan fingerprint density at radius 3 is 2.50 bits per heavy atom. The third-order valence-corrected chi connectivity index (χ3v) is 5.52. The zero-order chi connectivity index (χ0) is 14.0. The smallest absolute Gasteiger partial charge is 0.235 e. The molecule has 3 fully saturated rings. The molecule has 3 rings (SSSR count). The minimum Gasteiger partial charge on any atom is -0.317 e. The van der Waals surface area contributed by atoms with Crippen molar-refractivity contribution in [3.05, 3.63) is 0 Å². The Labute approximate surface area is 121 Å². The van der Waals surface area contributed by atoms with Crippen molar-refractivity contribution >= 4 is 11.8 Å². The molecule has 112 valence electrons. The van der Waals surface area contributed by atoms with Crippen LogP contribution in [0.3, 0.4) is 0 Å². The molecule has 20 heavy (non-hydrogen) atoms. The molecule has 0 aromatic rings. The maximum absolute atomic E-state index is 12.7. The third-order valence-electron chi connectivity index (χ3n) is 5.52. The van der Waals surface area contributed by atoms with Crippen molar-refractivity contribution in [2.75, 3.05) is 19.6 Å². The minimum atomic E-state index is -0.302. The Hall–Kier alpha value is -0.900. The molecule has 4 nitrogen and oxygen atoms in total. The maximum Gasteiger partial charge on any atom is 0.235 e. The predicted molar refractivity (Wildman–Crippen MR) is 77.1 cm³/mol. The summed E-state index contributed by atoms with van der Waals surface area (Å²) in [4.78, 5) is 26.5. The van der Waals surface area contributed by atoms with Crippen molar-refractivity contribution in [1.82, 2.24) is 10.2 Å². The van der Waals surface area contributed by atoms with Crippen LogP contribution in [0.15, 0.2) is 0 Å². The molecule has 4 heteroatoms. The van der Waals surface area contributed by atoms with Gasteiger partial charge in [-0.3, -0.25) is 14.5 Å². The highest BCUT2D eigenvalue weighted by atomic mass is 16.2. The summed E-state index contributed by atoms with van der Waals surface area (Å²) in [6.45, 7) is 2.82. The molecule has 0 unspecified atom stereocenters. The molecule has 1 N–H and O–H groups in total. The van der Waals surface area contributed by atoms with E-state index in [-0.39, 0.29) is 17.2 Å². The van der Waals surface area contributed by atoms with Gasteiger partial charge in [0.1, 0.15) is 0 Å². The Morgan fingerprint density at radius 1 is 1.10 bits per heavy atom. The first-order valence-electron chi connectivity index (χ1n) is 8.27. The van der Waals surface area contributed by atoms with Gasteiger partial charge in [0.25, 0.3) is 0 Å². The molecule has 0 aromatic heterocycles. The maximum atomic E-state index is 12.7. The lowest BCUT2D eigenvalue weighted by Crippen LogP contribution is -2.38. The van der Waals surface area contributed by atoms with Gasteiger partial charge in [-0.25, -0.2) is 0 Å². The molecule has 2 heterocycles. The molecule has 1 aliphatic carbocycles. The summed E-state index contributed by atoms with van der Waals surface area (Å²) in [5, 5.41) is 3.36. The number of carbonyl (C=O) groups is 2. The fourth-order valence-electron chi connectivity index (χ4n) is 4.19. The number of nitrogens with zero attached hydrogens (tertiary/aromatic N) is 1. The summed E-state index contributed by atoms with van der Waals surface area (Å²) in [5.74, 6) is 0.918. The van der Waals surface area contributed by atoms with E-state index in [0.717, 1.165) is 45.2 Å². The standard InChI is InChI=1S/C16H26N2O2/c19-14-12-16(7-2-1-3-8-16)15(20)18(14)11-6-13-4-9-17-10-5-13/h13,17H,1-12H2. The number of nitrogens with one attached hydrogen (secondary N) is 1. The Morgan fingerprint density at radius 2 is 1.80 bits per heavy atom. The highest BCUT2D eigenvalue weighted by Crippen LogP contribution is 2.45. The summed E-state index contributed by atoms with van der Waals surface area (Å²) in [5.41, 5.74) is -0.302. The van der Waals surface area contributed by atoms with Gasteiger partial charge in [0, 0.05) is 13.0 Å². The first kappa shape index (κ1) is 14.1. The van der Waals surface area contributed by atoms with Crippen LogP contribution in [-0.4, -0.2) is 36.3 Å². The van der Waals surface area contributed by atoms with E-state index in [2.05, 4.69) is 5.32 Å². The van der Waals surface area contributed by atoms with Crippen LogP contribution in [0, 0.1) is 11.3 Å². The number of imide groups is 1. The van der Waals surface area contributed by atoms with Crippen LogP contribution in [-0.2, 0) is 9.59 Å². The van der Waals surface area contributed by atoms with Crippen molar-refractivity contribution in [2.45, 2.75) is 57.8 Å². The van der Waals surface area contributed by atoms with Gasteiger partial charge >= 0.3 is 0 Å². The summed E-state index contributed by atoms with van der Waals surface area (Å²) in [6, 6.07) is 0. The van der Waals surface area contributed by atoms with Gasteiger partial charge < -0.3 is 5.32 Å². The molecule has 0 aromatic carbocycles. The summed E-state index contributed by atoms with van der Waals surface area (Å²) in [7, 11) is 0. The van der Waals surface area contributed by atoms with Crippen molar-refractivity contribution < 1.29 is 9.59 Å². The molecule has 3 aliphatic rings. The fraction of sp³-hybridized carbons (Fsp3) is 0.875. The summed E-state index contributed by atoms with van der Waals surface area (Å²) in [6.07, 6.45) is 9.15. The first-order chi connectivity index (χ1) is 9.71. The first-order valence-corrected chi connectivity index (χ1v) is 8.27. The predicted octanol–water partition coefficient (Wildman–Crippen LogP) is 2.09. The quantitative estimate of drug-likeness (QED) is 0.804. The van der Waals surface area contributed by atoms with Crippen LogP contribution < -0.4 is 5.32 Å². The number of likely N-dealkylation sites (tertiary alicyclic amines) is 1. The lowest BCUT2D eigenvalue weighted by Gasteiger charge is -2.31. The molecular formula is C16H26N2O2. The Bertz CT molecular complexity index is 382. The highest BCUT2D eigenvalue weighted by Gasteiger charge is 2.51. The van der Waals surface area contributed by atoms with Gasteiger partial charge in [0.05, 0.1) is 5.41 Å². The lowest BCUT2D eigenvalue weighted by atomic mass is 9.73. The molecule has 2 saturated heterocycles. The van der Waals surface area contributed by atoms with E-state index in [1.807, 2.05) is 0 Å². The highest BCUT2D eigenvalue weighted by molar-refractivity contribution is 6.05. The van der Waals surface area contributed by atoms with Crippen molar-refractivity contribution in [3.63, 3.8) is 0 Å². The van der Waals surface area contributed by atoms with Gasteiger partial charge in [0.2, 0.25) is 11.8 Å². The van der Waals surface area contributed by atoms with Crippen molar-refractivity contribution in [1.29, 1.82) is 0 Å². The SMILES string of the molecule is O=C1CC2(CCCCC2)C(=O)N1CCC1CCNCC1. The molecule has 2 aliphatic heterocycles. The number of hydrogen-bond acceptors (Lipinski definition) is 3. The van der Waals surface area contributed by atoms with E-state index in [4.69, 9.17) is 0 Å². The summed E-state index contributed by atoms with van der Waals surface area (Å²) < 4.78 is 0. The number of piperidine rings is 1. The molecule has 0 bridgehead atoms. The second-order valence-electron chi connectivity index (χ2n) is 6.85. The Kier molecular flexibility index (Phi) is 4.11. The average Bonchev–Trinajstić information content (AvgIpc) is 2.70. The van der Waals surface area contributed by atoms with Crippen LogP contribution >= 0.6 is 0 Å². The normalized spacial score (nSPS) is 27.5. The van der Waals surface area contributed by atoms with Crippen LogP contribution in [0.5, 0.6) is 0 Å². The van der Waals surface area contributed by atoms with Crippen LogP contribution in [0.1, 0.15) is 57.8 Å². The van der Waals surface area contributed by atoms with E-state index in [0.29, 0.717) is 18.9 Å². The van der Waals surface area contributed by atoms with E-state index in [9.17, 15) is 9.59 Å². The van der Waals surface area contributed by atoms with E-state index in [1.54, 1.807) is 4.90 Å².